The molecular formula is C82H145N19O15. The Morgan fingerprint density at radius 1 is 0.353 bits per heavy atom. The summed E-state index contributed by atoms with van der Waals surface area (Å²) in [7, 11) is 0. The van der Waals surface area contributed by atoms with Gasteiger partial charge in [0.15, 0.2) is 0 Å². The van der Waals surface area contributed by atoms with Gasteiger partial charge in [0.25, 0.3) is 0 Å². The topological polar surface area (TPSA) is 561 Å². The first kappa shape index (κ1) is 103. The van der Waals surface area contributed by atoms with E-state index in [4.69, 9.17) is 28.7 Å². The second-order valence-electron chi connectivity index (χ2n) is 32.8. The van der Waals surface area contributed by atoms with Crippen LogP contribution in [0.15, 0.2) is 30.5 Å². The van der Waals surface area contributed by atoms with Crippen molar-refractivity contribution in [1.82, 2.24) is 74.1 Å². The number of carbonyl (C=O) groups excluding carboxylic acids is 14. The van der Waals surface area contributed by atoms with Crippen molar-refractivity contribution in [2.75, 3.05) is 26.2 Å². The third kappa shape index (κ3) is 39.4. The molecule has 2 aromatic rings. The predicted octanol–water partition coefficient (Wildman–Crippen LogP) is 1.64. The van der Waals surface area contributed by atoms with Crippen LogP contribution in [-0.4, -0.2) is 204 Å². The molecule has 0 spiro atoms. The molecule has 0 saturated heterocycles. The van der Waals surface area contributed by atoms with Crippen LogP contribution in [0.4, 0.5) is 0 Å². The molecule has 1 aromatic heterocycles. The summed E-state index contributed by atoms with van der Waals surface area (Å²) in [6, 6.07) is -9.43. The summed E-state index contributed by atoms with van der Waals surface area (Å²) in [6.07, 6.45) is 8.48. The Hall–Kier alpha value is -8.86. The summed E-state index contributed by atoms with van der Waals surface area (Å²) in [5.74, 6) is -11.9. The second kappa shape index (κ2) is 55.7. The van der Waals surface area contributed by atoms with E-state index in [1.54, 1.807) is 47.7 Å². The number of aromatic nitrogens is 1. The molecule has 0 unspecified atom stereocenters. The summed E-state index contributed by atoms with van der Waals surface area (Å²) in [6.45, 7) is 25.1. The maximum absolute atomic E-state index is 14.9. The minimum atomic E-state index is -1.75. The Kier molecular flexibility index (Phi) is 49.6. The number of benzene rings is 1. The highest BCUT2D eigenvalue weighted by Crippen LogP contribution is 2.22. The summed E-state index contributed by atoms with van der Waals surface area (Å²) >= 11 is 0. The van der Waals surface area contributed by atoms with Crippen LogP contribution >= 0.6 is 0 Å². The molecule has 0 radical (unpaired) electrons. The van der Waals surface area contributed by atoms with Crippen LogP contribution in [0.25, 0.3) is 10.9 Å². The molecule has 0 bridgehead atoms. The molecule has 116 heavy (non-hydrogen) atoms. The largest absolute Gasteiger partial charge is 0.391 e. The average molecular weight is 1640 g/mol. The molecular weight excluding hydrogens is 1490 g/mol. The number of carbonyl (C=O) groups is 14. The maximum atomic E-state index is 14.9. The van der Waals surface area contributed by atoms with E-state index in [1.807, 2.05) is 52.0 Å². The van der Waals surface area contributed by atoms with Crippen molar-refractivity contribution < 1.29 is 72.2 Å². The van der Waals surface area contributed by atoms with E-state index < -0.39 is 167 Å². The lowest BCUT2D eigenvalue weighted by Crippen LogP contribution is -2.62. The third-order valence-electron chi connectivity index (χ3n) is 19.8. The van der Waals surface area contributed by atoms with Gasteiger partial charge < -0.3 is 108 Å². The number of unbranched alkanes of at least 4 members (excludes halogenated alkanes) is 8. The molecule has 0 fully saturated rings. The monoisotopic (exact) mass is 1640 g/mol. The Bertz CT molecular complexity index is 3400. The van der Waals surface area contributed by atoms with Crippen LogP contribution in [0.5, 0.6) is 0 Å². The number of hydrogen-bond donors (Lipinski definition) is 20. The summed E-state index contributed by atoms with van der Waals surface area (Å²) < 4.78 is 0. The van der Waals surface area contributed by atoms with Crippen molar-refractivity contribution in [2.24, 2.45) is 58.3 Å². The molecule has 0 saturated carbocycles. The van der Waals surface area contributed by atoms with E-state index in [2.05, 4.69) is 81.0 Å². The molecule has 34 nitrogen and oxygen atoms in total. The van der Waals surface area contributed by atoms with Gasteiger partial charge in [0.1, 0.15) is 78.5 Å². The number of aliphatic hydroxyl groups is 1. The van der Waals surface area contributed by atoms with Gasteiger partial charge >= 0.3 is 0 Å². The van der Waals surface area contributed by atoms with Gasteiger partial charge in [-0.15, -0.1) is 0 Å². The van der Waals surface area contributed by atoms with Crippen molar-refractivity contribution in [2.45, 2.75) is 329 Å². The van der Waals surface area contributed by atoms with Crippen LogP contribution in [0.3, 0.4) is 0 Å². The standard InChI is InChI=1S/C82H145N19O15/c1-15-16-17-18-19-36-67(103)89-53(13)71(105)95-62(41-47(2)3)78(112)97-66(45-55-46-88-57-31-21-20-30-56(55)57)80(114)94-61(35-25-29-40-86)75(109)101-69(54(14)102)82(116)99-65(44-50(8)9)79(113)96-63(42-48(4)5)76(110)93-59(33-23-27-38-84)73(107)91-60(34-24-28-39-85)74(108)100-68(51(10)11)81(115)98-64(43-49(6)7)77(111)92-58(32-22-26-37-83)72(106)90-52(12)70(87)104/h20-21,30-31,46-54,58-66,68-69,88,102H,15-19,22-29,32-45,83-86H2,1-14H3,(H2,87,104)(H,89,103)(H,90,106)(H,91,107)(H,92,111)(H,93,110)(H,94,114)(H,95,105)(H,96,113)(H,97,112)(H,98,115)(H,99,116)(H,100,108)(H,101,109)/t52-,53-,54+,58-,59-,60-,61-,62-,63-,64-,65-,66-,68-,69-/m0/s1. The molecule has 14 amide bonds. The Morgan fingerprint density at radius 3 is 1.06 bits per heavy atom. The molecule has 2 rings (SSSR count). The number of aliphatic hydroxyl groups excluding tert-OH is 1. The smallest absolute Gasteiger partial charge is 0.245 e. The van der Waals surface area contributed by atoms with Gasteiger partial charge in [-0.1, -0.05) is 120 Å². The number of rotatable bonds is 60. The number of aromatic amines is 1. The number of nitrogens with two attached hydrogens (primary N) is 5. The Morgan fingerprint density at radius 2 is 0.681 bits per heavy atom. The van der Waals surface area contributed by atoms with Gasteiger partial charge in [0.05, 0.1) is 6.10 Å². The minimum Gasteiger partial charge on any atom is -0.391 e. The number of amides is 14. The van der Waals surface area contributed by atoms with Crippen LogP contribution in [0.2, 0.25) is 0 Å². The fourth-order valence-electron chi connectivity index (χ4n) is 13.1. The quantitative estimate of drug-likeness (QED) is 0.0419. The van der Waals surface area contributed by atoms with Gasteiger partial charge in [0.2, 0.25) is 82.7 Å². The number of para-hydroxylation sites is 1. The molecule has 658 valence electrons. The Balaban J connectivity index is 2.54. The van der Waals surface area contributed by atoms with E-state index in [0.717, 1.165) is 36.6 Å². The summed E-state index contributed by atoms with van der Waals surface area (Å²) in [4.78, 5) is 201. The first-order chi connectivity index (χ1) is 54.8. The van der Waals surface area contributed by atoms with E-state index in [0.29, 0.717) is 69.9 Å². The van der Waals surface area contributed by atoms with Gasteiger partial charge in [0, 0.05) is 29.9 Å². The highest BCUT2D eigenvalue weighted by molar-refractivity contribution is 6.00. The highest BCUT2D eigenvalue weighted by atomic mass is 16.3. The van der Waals surface area contributed by atoms with Crippen LogP contribution in [0, 0.1) is 29.6 Å². The molecule has 34 heteroatoms. The lowest BCUT2D eigenvalue weighted by atomic mass is 9.98. The van der Waals surface area contributed by atoms with Crippen molar-refractivity contribution in [1.29, 1.82) is 0 Å². The van der Waals surface area contributed by atoms with Crippen LogP contribution < -0.4 is 97.8 Å². The first-order valence-corrected chi connectivity index (χ1v) is 42.1. The van der Waals surface area contributed by atoms with E-state index >= 15 is 0 Å². The molecule has 0 aliphatic rings. The second-order valence-corrected chi connectivity index (χ2v) is 32.8. The van der Waals surface area contributed by atoms with E-state index in [9.17, 15) is 72.2 Å². The van der Waals surface area contributed by atoms with E-state index in [-0.39, 0.29) is 113 Å². The molecule has 14 atom stereocenters. The SMILES string of the molecule is CCCCCCCC(=O)N[C@@H](C)C(=O)N[C@@H](CC(C)C)C(=O)N[C@@H](Cc1c[nH]c2ccccc12)C(=O)N[C@@H](CCCCN)C(=O)N[C@H](C(=O)N[C@@H](CC(C)C)C(=O)N[C@@H](CC(C)C)C(=O)N[C@@H](CCCCN)C(=O)N[C@@H](CCCCN)C(=O)N[C@H](C(=O)N[C@@H](CC(C)C)C(=O)N[C@@H](CCCCN)C(=O)N[C@@H](C)C(N)=O)C(C)C)[C@@H](C)O. The Labute approximate surface area is 686 Å². The highest BCUT2D eigenvalue weighted by Gasteiger charge is 2.39. The van der Waals surface area contributed by atoms with Crippen molar-refractivity contribution in [3.8, 4) is 0 Å². The summed E-state index contributed by atoms with van der Waals surface area (Å²) in [5.41, 5.74) is 30.2. The van der Waals surface area contributed by atoms with Gasteiger partial charge in [-0.25, -0.2) is 0 Å². The van der Waals surface area contributed by atoms with Crippen LogP contribution in [0.1, 0.15) is 244 Å². The van der Waals surface area contributed by atoms with Crippen molar-refractivity contribution >= 4 is 93.6 Å². The number of fused-ring (bicyclic) bond motifs is 1. The maximum Gasteiger partial charge on any atom is 0.245 e. The molecule has 25 N–H and O–H groups in total. The van der Waals surface area contributed by atoms with E-state index in [1.165, 1.54) is 20.8 Å². The molecule has 0 aliphatic carbocycles. The zero-order valence-electron chi connectivity index (χ0n) is 71.5. The fraction of sp³-hybridized carbons (Fsp3) is 0.732. The molecule has 1 heterocycles. The first-order valence-electron chi connectivity index (χ1n) is 42.1. The minimum absolute atomic E-state index is 0.0188. The van der Waals surface area contributed by atoms with Crippen molar-refractivity contribution in [3.63, 3.8) is 0 Å². The number of nitrogens with one attached hydrogen (secondary N) is 14. The number of primary amides is 1. The zero-order chi connectivity index (χ0) is 87.3. The zero-order valence-corrected chi connectivity index (χ0v) is 71.5. The normalized spacial score (nSPS) is 15.2. The number of H-pyrrole nitrogens is 1. The van der Waals surface area contributed by atoms with Gasteiger partial charge in [-0.2, -0.15) is 0 Å². The predicted molar refractivity (Wildman–Crippen MR) is 447 cm³/mol. The number of hydrogen-bond acceptors (Lipinski definition) is 19. The van der Waals surface area contributed by atoms with Crippen LogP contribution in [-0.2, 0) is 73.5 Å². The summed E-state index contributed by atoms with van der Waals surface area (Å²) in [5, 5.41) is 47.6. The lowest BCUT2D eigenvalue weighted by Gasteiger charge is -2.30. The fourth-order valence-corrected chi connectivity index (χ4v) is 13.1. The van der Waals surface area contributed by atoms with Gasteiger partial charge in [-0.3, -0.25) is 67.1 Å². The average Bonchev–Trinajstić information content (AvgIpc) is 1.66. The molecule has 0 aliphatic heterocycles. The third-order valence-corrected chi connectivity index (χ3v) is 19.8. The lowest BCUT2D eigenvalue weighted by molar-refractivity contribution is -0.137. The van der Waals surface area contributed by atoms with Crippen molar-refractivity contribution in [3.05, 3.63) is 36.0 Å². The molecule has 1 aromatic carbocycles. The van der Waals surface area contributed by atoms with Gasteiger partial charge in [-0.05, 0) is 197 Å².